The van der Waals surface area contributed by atoms with Crippen molar-refractivity contribution < 1.29 is 4.74 Å². The van der Waals surface area contributed by atoms with Crippen molar-refractivity contribution in [2.24, 2.45) is 0 Å². The van der Waals surface area contributed by atoms with E-state index in [1.165, 1.54) is 0 Å². The second-order valence-electron chi connectivity index (χ2n) is 4.07. The minimum absolute atomic E-state index is 0.672. The highest BCUT2D eigenvalue weighted by Gasteiger charge is 2.07. The number of nitrogens with one attached hydrogen (secondary N) is 1. The van der Waals surface area contributed by atoms with Gasteiger partial charge in [0.1, 0.15) is 0 Å². The zero-order chi connectivity index (χ0) is 12.8. The van der Waals surface area contributed by atoms with Crippen LogP contribution in [0.3, 0.4) is 0 Å². The van der Waals surface area contributed by atoms with Crippen LogP contribution in [0.15, 0.2) is 30.3 Å². The third kappa shape index (κ3) is 3.05. The molecule has 4 nitrogen and oxygen atoms in total. The lowest BCUT2D eigenvalue weighted by Crippen LogP contribution is -2.02. The van der Waals surface area contributed by atoms with Crippen LogP contribution < -0.4 is 0 Å². The molecule has 0 spiro atoms. The molecule has 0 bridgehead atoms. The summed E-state index contributed by atoms with van der Waals surface area (Å²) in [4.78, 5) is 0. The summed E-state index contributed by atoms with van der Waals surface area (Å²) >= 11 is 5.26. The van der Waals surface area contributed by atoms with Gasteiger partial charge in [0.05, 0.1) is 0 Å². The molecule has 0 amide bonds. The van der Waals surface area contributed by atoms with E-state index in [-0.39, 0.29) is 0 Å². The Hall–Kier alpha value is -1.46. The van der Waals surface area contributed by atoms with Gasteiger partial charge in [-0.2, -0.15) is 5.10 Å². The molecule has 0 fully saturated rings. The molecule has 0 radical (unpaired) electrons. The van der Waals surface area contributed by atoms with Gasteiger partial charge in [-0.25, -0.2) is 0 Å². The van der Waals surface area contributed by atoms with Crippen LogP contribution in [0, 0.1) is 4.77 Å². The molecule has 1 aromatic heterocycles. The average Bonchev–Trinajstić information content (AvgIpc) is 2.77. The summed E-state index contributed by atoms with van der Waals surface area (Å²) in [5, 5.41) is 7.16. The summed E-state index contributed by atoms with van der Waals surface area (Å²) in [7, 11) is 1.72. The molecule has 0 atom stereocenters. The van der Waals surface area contributed by atoms with Crippen molar-refractivity contribution in [1.82, 2.24) is 14.8 Å². The normalized spacial score (nSPS) is 10.7. The molecular weight excluding hydrogens is 246 g/mol. The number of unbranched alkanes of at least 4 members (excludes halogenated alkanes) is 1. The number of ether oxygens (including phenoxy) is 1. The molecule has 1 heterocycles. The SMILES string of the molecule is COCCCCn1c(-c2ccccc2)n[nH]c1=S. The fourth-order valence-corrected chi connectivity index (χ4v) is 2.07. The van der Waals surface area contributed by atoms with Gasteiger partial charge in [0.15, 0.2) is 10.6 Å². The van der Waals surface area contributed by atoms with Crippen LogP contribution >= 0.6 is 12.2 Å². The molecule has 0 saturated heterocycles. The largest absolute Gasteiger partial charge is 0.385 e. The second kappa shape index (κ2) is 6.47. The summed E-state index contributed by atoms with van der Waals surface area (Å²) in [6.45, 7) is 1.65. The Kier molecular flexibility index (Phi) is 4.66. The maximum Gasteiger partial charge on any atom is 0.195 e. The van der Waals surface area contributed by atoms with Crippen molar-refractivity contribution in [3.05, 3.63) is 35.1 Å². The highest BCUT2D eigenvalue weighted by molar-refractivity contribution is 7.71. The van der Waals surface area contributed by atoms with Gasteiger partial charge in [0.25, 0.3) is 0 Å². The average molecular weight is 263 g/mol. The lowest BCUT2D eigenvalue weighted by Gasteiger charge is -2.06. The lowest BCUT2D eigenvalue weighted by molar-refractivity contribution is 0.191. The Balaban J connectivity index is 2.15. The van der Waals surface area contributed by atoms with Crippen LogP contribution in [0.2, 0.25) is 0 Å². The van der Waals surface area contributed by atoms with Crippen molar-refractivity contribution in [1.29, 1.82) is 0 Å². The molecule has 0 aliphatic heterocycles. The van der Waals surface area contributed by atoms with Crippen LogP contribution in [0.25, 0.3) is 11.4 Å². The van der Waals surface area contributed by atoms with Crippen molar-refractivity contribution in [2.75, 3.05) is 13.7 Å². The van der Waals surface area contributed by atoms with Crippen LogP contribution in [0.1, 0.15) is 12.8 Å². The van der Waals surface area contributed by atoms with E-state index < -0.39 is 0 Å². The maximum atomic E-state index is 5.26. The Morgan fingerprint density at radius 2 is 2.06 bits per heavy atom. The zero-order valence-corrected chi connectivity index (χ0v) is 11.2. The lowest BCUT2D eigenvalue weighted by atomic mass is 10.2. The number of H-pyrrole nitrogens is 1. The van der Waals surface area contributed by atoms with Gasteiger partial charge in [-0.1, -0.05) is 30.3 Å². The third-order valence-electron chi connectivity index (χ3n) is 2.77. The van der Waals surface area contributed by atoms with Gasteiger partial charge in [-0.3, -0.25) is 5.10 Å². The standard InChI is InChI=1S/C13H17N3OS/c1-17-10-6-5-9-16-12(14-15-13(16)18)11-7-3-2-4-8-11/h2-4,7-8H,5-6,9-10H2,1H3,(H,15,18). The summed E-state index contributed by atoms with van der Waals surface area (Å²) < 4.78 is 7.76. The smallest absolute Gasteiger partial charge is 0.195 e. The van der Waals surface area contributed by atoms with Gasteiger partial charge in [0.2, 0.25) is 0 Å². The van der Waals surface area contributed by atoms with Gasteiger partial charge < -0.3 is 9.30 Å². The zero-order valence-electron chi connectivity index (χ0n) is 10.4. The predicted molar refractivity (Wildman–Crippen MR) is 74.0 cm³/mol. The van der Waals surface area contributed by atoms with Gasteiger partial charge in [-0.05, 0) is 25.1 Å². The number of nitrogens with zero attached hydrogens (tertiary/aromatic N) is 2. The van der Waals surface area contributed by atoms with E-state index >= 15 is 0 Å². The number of rotatable bonds is 6. The Bertz CT molecular complexity index is 533. The predicted octanol–water partition coefficient (Wildman–Crippen LogP) is 3.03. The second-order valence-corrected chi connectivity index (χ2v) is 4.46. The number of hydrogen-bond acceptors (Lipinski definition) is 3. The first-order chi connectivity index (χ1) is 8.83. The van der Waals surface area contributed by atoms with E-state index in [0.29, 0.717) is 4.77 Å². The molecule has 18 heavy (non-hydrogen) atoms. The molecule has 1 aromatic carbocycles. The number of aromatic nitrogens is 3. The quantitative estimate of drug-likeness (QED) is 0.643. The van der Waals surface area contributed by atoms with E-state index in [1.807, 2.05) is 34.9 Å². The number of hydrogen-bond donors (Lipinski definition) is 1. The Morgan fingerprint density at radius 3 is 2.78 bits per heavy atom. The summed E-state index contributed by atoms with van der Waals surface area (Å²) in [5.74, 6) is 0.901. The van der Waals surface area contributed by atoms with Crippen LogP contribution in [0.5, 0.6) is 0 Å². The van der Waals surface area contributed by atoms with Crippen LogP contribution in [-0.2, 0) is 11.3 Å². The minimum Gasteiger partial charge on any atom is -0.385 e. The molecule has 2 aromatic rings. The first kappa shape index (κ1) is 13.0. The molecule has 0 saturated carbocycles. The van der Waals surface area contributed by atoms with Gasteiger partial charge in [0, 0.05) is 25.8 Å². The van der Waals surface area contributed by atoms with Crippen molar-refractivity contribution in [2.45, 2.75) is 19.4 Å². The minimum atomic E-state index is 0.672. The Labute approximate surface area is 112 Å². The third-order valence-corrected chi connectivity index (χ3v) is 3.08. The molecule has 0 aliphatic carbocycles. The molecule has 0 unspecified atom stereocenters. The number of benzene rings is 1. The summed E-state index contributed by atoms with van der Waals surface area (Å²) in [6, 6.07) is 10.1. The molecule has 5 heteroatoms. The van der Waals surface area contributed by atoms with E-state index in [9.17, 15) is 0 Å². The fraction of sp³-hybridized carbons (Fsp3) is 0.385. The van der Waals surface area contributed by atoms with E-state index in [4.69, 9.17) is 17.0 Å². The van der Waals surface area contributed by atoms with Crippen LogP contribution in [0.4, 0.5) is 0 Å². The van der Waals surface area contributed by atoms with Crippen molar-refractivity contribution in [3.8, 4) is 11.4 Å². The molecule has 96 valence electrons. The van der Waals surface area contributed by atoms with Gasteiger partial charge >= 0.3 is 0 Å². The number of aromatic amines is 1. The first-order valence-electron chi connectivity index (χ1n) is 6.02. The molecule has 0 aliphatic rings. The van der Waals surface area contributed by atoms with E-state index in [1.54, 1.807) is 7.11 Å². The highest BCUT2D eigenvalue weighted by Crippen LogP contribution is 2.17. The Morgan fingerprint density at radius 1 is 1.28 bits per heavy atom. The van der Waals surface area contributed by atoms with E-state index in [2.05, 4.69) is 10.2 Å². The molecule has 2 rings (SSSR count). The monoisotopic (exact) mass is 263 g/mol. The van der Waals surface area contributed by atoms with E-state index in [0.717, 1.165) is 37.4 Å². The highest BCUT2D eigenvalue weighted by atomic mass is 32.1. The van der Waals surface area contributed by atoms with Crippen LogP contribution in [-0.4, -0.2) is 28.5 Å². The van der Waals surface area contributed by atoms with Gasteiger partial charge in [-0.15, -0.1) is 0 Å². The first-order valence-corrected chi connectivity index (χ1v) is 6.43. The molecular formula is C13H17N3OS. The fourth-order valence-electron chi connectivity index (χ4n) is 1.85. The summed E-state index contributed by atoms with van der Waals surface area (Å²) in [5.41, 5.74) is 1.08. The summed E-state index contributed by atoms with van der Waals surface area (Å²) in [6.07, 6.45) is 2.05. The van der Waals surface area contributed by atoms with Crippen molar-refractivity contribution in [3.63, 3.8) is 0 Å². The number of methoxy groups -OCH3 is 1. The van der Waals surface area contributed by atoms with Crippen molar-refractivity contribution >= 4 is 12.2 Å². The topological polar surface area (TPSA) is 42.8 Å². The maximum absolute atomic E-state index is 5.26. The molecule has 1 N–H and O–H groups in total.